The van der Waals surface area contributed by atoms with E-state index in [1.807, 2.05) is 4.90 Å². The molecule has 1 saturated carbocycles. The Morgan fingerprint density at radius 3 is 3.00 bits per heavy atom. The first-order valence-corrected chi connectivity index (χ1v) is 5.27. The van der Waals surface area contributed by atoms with Gasteiger partial charge in [0.2, 0.25) is 5.91 Å². The van der Waals surface area contributed by atoms with Crippen molar-refractivity contribution in [1.29, 1.82) is 0 Å². The van der Waals surface area contributed by atoms with E-state index in [1.165, 1.54) is 0 Å². The van der Waals surface area contributed by atoms with Crippen LogP contribution in [-0.2, 0) is 9.59 Å². The Balaban J connectivity index is 1.82. The van der Waals surface area contributed by atoms with E-state index in [2.05, 4.69) is 5.32 Å². The second-order valence-corrected chi connectivity index (χ2v) is 4.15. The molecule has 0 spiro atoms. The Hall–Kier alpha value is -0.900. The molecule has 0 bridgehead atoms. The SMILES string of the molecule is O=C1CN(CC(=O)C2CC2)CCCN1. The summed E-state index contributed by atoms with van der Waals surface area (Å²) in [4.78, 5) is 24.7. The fraction of sp³-hybridized carbons (Fsp3) is 0.800. The van der Waals surface area contributed by atoms with Crippen LogP contribution >= 0.6 is 0 Å². The van der Waals surface area contributed by atoms with Crippen molar-refractivity contribution in [2.75, 3.05) is 26.2 Å². The quantitative estimate of drug-likeness (QED) is 0.679. The maximum Gasteiger partial charge on any atom is 0.234 e. The lowest BCUT2D eigenvalue weighted by atomic mass is 10.2. The molecular weight excluding hydrogens is 180 g/mol. The maximum absolute atomic E-state index is 11.5. The largest absolute Gasteiger partial charge is 0.355 e. The molecule has 0 unspecified atom stereocenters. The summed E-state index contributed by atoms with van der Waals surface area (Å²) in [6.45, 7) is 2.46. The van der Waals surface area contributed by atoms with Crippen molar-refractivity contribution >= 4 is 11.7 Å². The van der Waals surface area contributed by atoms with Crippen molar-refractivity contribution in [2.45, 2.75) is 19.3 Å². The molecule has 1 amide bonds. The number of Topliss-reactive ketones (excluding diaryl/α,β-unsaturated/α-hetero) is 1. The summed E-state index contributed by atoms with van der Waals surface area (Å²) < 4.78 is 0. The highest BCUT2D eigenvalue weighted by atomic mass is 16.2. The van der Waals surface area contributed by atoms with Crippen molar-refractivity contribution in [2.24, 2.45) is 5.92 Å². The minimum absolute atomic E-state index is 0.0473. The molecule has 1 heterocycles. The molecule has 1 aliphatic heterocycles. The molecule has 78 valence electrons. The van der Waals surface area contributed by atoms with Crippen LogP contribution in [-0.4, -0.2) is 42.8 Å². The summed E-state index contributed by atoms with van der Waals surface area (Å²) in [6, 6.07) is 0. The first-order valence-electron chi connectivity index (χ1n) is 5.27. The van der Waals surface area contributed by atoms with Gasteiger partial charge in [-0.15, -0.1) is 0 Å². The van der Waals surface area contributed by atoms with Gasteiger partial charge in [0.25, 0.3) is 0 Å². The van der Waals surface area contributed by atoms with Gasteiger partial charge in [0.05, 0.1) is 13.1 Å². The molecule has 4 nitrogen and oxygen atoms in total. The lowest BCUT2D eigenvalue weighted by molar-refractivity contribution is -0.123. The second-order valence-electron chi connectivity index (χ2n) is 4.15. The number of ketones is 1. The van der Waals surface area contributed by atoms with E-state index in [-0.39, 0.29) is 5.91 Å². The lowest BCUT2D eigenvalue weighted by Crippen LogP contribution is -2.36. The summed E-state index contributed by atoms with van der Waals surface area (Å²) in [5, 5.41) is 2.80. The average Bonchev–Trinajstić information content (AvgIpc) is 2.91. The van der Waals surface area contributed by atoms with Gasteiger partial charge in [0.15, 0.2) is 0 Å². The van der Waals surface area contributed by atoms with Crippen molar-refractivity contribution in [1.82, 2.24) is 10.2 Å². The van der Waals surface area contributed by atoms with Crippen LogP contribution in [0.15, 0.2) is 0 Å². The van der Waals surface area contributed by atoms with E-state index in [0.717, 1.165) is 32.4 Å². The molecule has 2 rings (SSSR count). The Bertz CT molecular complexity index is 249. The minimum Gasteiger partial charge on any atom is -0.355 e. The Morgan fingerprint density at radius 2 is 2.29 bits per heavy atom. The Labute approximate surface area is 83.6 Å². The van der Waals surface area contributed by atoms with Gasteiger partial charge < -0.3 is 5.32 Å². The van der Waals surface area contributed by atoms with Gasteiger partial charge in [-0.25, -0.2) is 0 Å². The summed E-state index contributed by atoms with van der Waals surface area (Å²) in [5.74, 6) is 0.673. The second kappa shape index (κ2) is 4.09. The van der Waals surface area contributed by atoms with E-state index in [0.29, 0.717) is 24.8 Å². The summed E-state index contributed by atoms with van der Waals surface area (Å²) in [6.07, 6.45) is 3.06. The Morgan fingerprint density at radius 1 is 1.50 bits per heavy atom. The smallest absolute Gasteiger partial charge is 0.234 e. The van der Waals surface area contributed by atoms with E-state index in [9.17, 15) is 9.59 Å². The molecule has 2 aliphatic rings. The number of nitrogens with zero attached hydrogens (tertiary/aromatic N) is 1. The van der Waals surface area contributed by atoms with E-state index >= 15 is 0 Å². The predicted octanol–water partition coefficient (Wildman–Crippen LogP) is -0.213. The zero-order valence-corrected chi connectivity index (χ0v) is 8.29. The first-order chi connectivity index (χ1) is 6.75. The molecular formula is C10H16N2O2. The van der Waals surface area contributed by atoms with E-state index < -0.39 is 0 Å². The van der Waals surface area contributed by atoms with Gasteiger partial charge in [-0.1, -0.05) is 0 Å². The van der Waals surface area contributed by atoms with Crippen LogP contribution in [0.2, 0.25) is 0 Å². The fourth-order valence-corrected chi connectivity index (χ4v) is 1.76. The fourth-order valence-electron chi connectivity index (χ4n) is 1.76. The van der Waals surface area contributed by atoms with Gasteiger partial charge in [-0.2, -0.15) is 0 Å². The average molecular weight is 196 g/mol. The maximum atomic E-state index is 11.5. The summed E-state index contributed by atoms with van der Waals surface area (Å²) >= 11 is 0. The van der Waals surface area contributed by atoms with Gasteiger partial charge in [-0.05, 0) is 19.3 Å². The van der Waals surface area contributed by atoms with Crippen LogP contribution < -0.4 is 5.32 Å². The number of hydrogen-bond donors (Lipinski definition) is 1. The minimum atomic E-state index is 0.0473. The highest BCUT2D eigenvalue weighted by molar-refractivity contribution is 5.86. The van der Waals surface area contributed by atoms with Gasteiger partial charge in [-0.3, -0.25) is 14.5 Å². The van der Waals surface area contributed by atoms with Crippen LogP contribution in [0.4, 0.5) is 0 Å². The number of nitrogens with one attached hydrogen (secondary N) is 1. The summed E-state index contributed by atoms with van der Waals surface area (Å²) in [7, 11) is 0. The molecule has 0 atom stereocenters. The number of amides is 1. The zero-order valence-electron chi connectivity index (χ0n) is 8.29. The van der Waals surface area contributed by atoms with Crippen molar-refractivity contribution < 1.29 is 9.59 Å². The third kappa shape index (κ3) is 2.54. The van der Waals surface area contributed by atoms with Crippen LogP contribution in [0, 0.1) is 5.92 Å². The zero-order chi connectivity index (χ0) is 9.97. The molecule has 4 heteroatoms. The van der Waals surface area contributed by atoms with Gasteiger partial charge in [0, 0.05) is 19.0 Å². The molecule has 0 aromatic rings. The van der Waals surface area contributed by atoms with Gasteiger partial charge >= 0.3 is 0 Å². The number of carbonyl (C=O) groups is 2. The van der Waals surface area contributed by atoms with Crippen LogP contribution in [0.1, 0.15) is 19.3 Å². The van der Waals surface area contributed by atoms with Gasteiger partial charge in [0.1, 0.15) is 5.78 Å². The lowest BCUT2D eigenvalue weighted by Gasteiger charge is -2.16. The number of hydrogen-bond acceptors (Lipinski definition) is 3. The molecule has 2 fully saturated rings. The third-order valence-corrected chi connectivity index (χ3v) is 2.75. The normalized spacial score (nSPS) is 24.1. The molecule has 14 heavy (non-hydrogen) atoms. The third-order valence-electron chi connectivity index (χ3n) is 2.75. The van der Waals surface area contributed by atoms with Crippen LogP contribution in [0.3, 0.4) is 0 Å². The van der Waals surface area contributed by atoms with Crippen LogP contribution in [0.25, 0.3) is 0 Å². The molecule has 1 N–H and O–H groups in total. The van der Waals surface area contributed by atoms with Crippen molar-refractivity contribution in [3.05, 3.63) is 0 Å². The molecule has 1 saturated heterocycles. The number of carbonyl (C=O) groups excluding carboxylic acids is 2. The van der Waals surface area contributed by atoms with Crippen LogP contribution in [0.5, 0.6) is 0 Å². The van der Waals surface area contributed by atoms with Crippen molar-refractivity contribution in [3.8, 4) is 0 Å². The highest BCUT2D eigenvalue weighted by Gasteiger charge is 2.30. The molecule has 0 aromatic carbocycles. The summed E-state index contributed by atoms with van der Waals surface area (Å²) in [5.41, 5.74) is 0. The predicted molar refractivity (Wildman–Crippen MR) is 51.8 cm³/mol. The first kappa shape index (κ1) is 9.65. The molecule has 0 radical (unpaired) electrons. The topological polar surface area (TPSA) is 49.4 Å². The molecule has 0 aromatic heterocycles. The standard InChI is InChI=1S/C10H16N2O2/c13-9(8-2-3-8)6-12-5-1-4-11-10(14)7-12/h8H,1-7H2,(H,11,14). The van der Waals surface area contributed by atoms with Crippen molar-refractivity contribution in [3.63, 3.8) is 0 Å². The highest BCUT2D eigenvalue weighted by Crippen LogP contribution is 2.29. The monoisotopic (exact) mass is 196 g/mol. The Kier molecular flexibility index (Phi) is 2.82. The van der Waals surface area contributed by atoms with E-state index in [1.54, 1.807) is 0 Å². The number of rotatable bonds is 3. The molecule has 1 aliphatic carbocycles. The van der Waals surface area contributed by atoms with E-state index in [4.69, 9.17) is 0 Å².